The van der Waals surface area contributed by atoms with Crippen molar-refractivity contribution in [1.29, 1.82) is 0 Å². The SMILES string of the molecule is O=C=CCOCCC1=CC1. The molecule has 1 aliphatic rings. The van der Waals surface area contributed by atoms with E-state index in [4.69, 9.17) is 4.74 Å². The second kappa shape index (κ2) is 4.04. The summed E-state index contributed by atoms with van der Waals surface area (Å²) in [4.78, 5) is 9.64. The van der Waals surface area contributed by atoms with E-state index in [0.717, 1.165) is 19.4 Å². The zero-order chi connectivity index (χ0) is 7.23. The molecule has 0 N–H and O–H groups in total. The fourth-order valence-corrected chi connectivity index (χ4v) is 0.656. The zero-order valence-corrected chi connectivity index (χ0v) is 5.80. The molecule has 10 heavy (non-hydrogen) atoms. The van der Waals surface area contributed by atoms with Gasteiger partial charge in [-0.05, 0) is 12.8 Å². The Balaban J connectivity index is 1.85. The van der Waals surface area contributed by atoms with Gasteiger partial charge in [0.15, 0.2) is 0 Å². The van der Waals surface area contributed by atoms with Crippen molar-refractivity contribution in [3.63, 3.8) is 0 Å². The van der Waals surface area contributed by atoms with Crippen LogP contribution < -0.4 is 0 Å². The number of ether oxygens (including phenoxy) is 1. The predicted octanol–water partition coefficient (Wildman–Crippen LogP) is 1.11. The van der Waals surface area contributed by atoms with E-state index in [2.05, 4.69) is 6.08 Å². The van der Waals surface area contributed by atoms with Crippen LogP contribution in [0.5, 0.6) is 0 Å². The molecule has 0 heterocycles. The Bertz CT molecular complexity index is 172. The molecule has 0 aromatic rings. The molecule has 0 spiro atoms. The highest BCUT2D eigenvalue weighted by Gasteiger charge is 2.04. The van der Waals surface area contributed by atoms with Crippen LogP contribution in [0.15, 0.2) is 17.7 Å². The molecule has 0 bridgehead atoms. The van der Waals surface area contributed by atoms with Gasteiger partial charge < -0.3 is 4.74 Å². The highest BCUT2D eigenvalue weighted by Crippen LogP contribution is 2.21. The zero-order valence-electron chi connectivity index (χ0n) is 5.80. The second-order valence-corrected chi connectivity index (χ2v) is 2.21. The van der Waals surface area contributed by atoms with Crippen LogP contribution in [-0.4, -0.2) is 19.2 Å². The third-order valence-corrected chi connectivity index (χ3v) is 1.34. The lowest BCUT2D eigenvalue weighted by Crippen LogP contribution is -1.92. The molecule has 0 atom stereocenters. The molecule has 2 nitrogen and oxygen atoms in total. The Morgan fingerprint density at radius 3 is 3.20 bits per heavy atom. The fraction of sp³-hybridized carbons (Fsp3) is 0.500. The third kappa shape index (κ3) is 3.23. The predicted molar refractivity (Wildman–Crippen MR) is 38.4 cm³/mol. The fourth-order valence-electron chi connectivity index (χ4n) is 0.656. The maximum absolute atomic E-state index is 9.64. The molecular formula is C8H10O2. The average molecular weight is 138 g/mol. The lowest BCUT2D eigenvalue weighted by Gasteiger charge is -1.94. The number of carbonyl (C=O) groups excluding carboxylic acids is 1. The molecule has 0 aliphatic heterocycles. The highest BCUT2D eigenvalue weighted by atomic mass is 16.5. The van der Waals surface area contributed by atoms with Crippen molar-refractivity contribution in [3.8, 4) is 0 Å². The van der Waals surface area contributed by atoms with E-state index >= 15 is 0 Å². The minimum atomic E-state index is 0.400. The number of hydrogen-bond acceptors (Lipinski definition) is 2. The molecule has 0 aromatic heterocycles. The first-order valence-corrected chi connectivity index (χ1v) is 3.38. The molecule has 0 saturated heterocycles. The maximum atomic E-state index is 9.64. The van der Waals surface area contributed by atoms with Crippen LogP contribution in [0, 0.1) is 0 Å². The van der Waals surface area contributed by atoms with Gasteiger partial charge in [-0.1, -0.05) is 11.6 Å². The first-order chi connectivity index (χ1) is 4.93. The van der Waals surface area contributed by atoms with Crippen molar-refractivity contribution in [2.45, 2.75) is 12.8 Å². The van der Waals surface area contributed by atoms with Crippen LogP contribution in [-0.2, 0) is 9.53 Å². The van der Waals surface area contributed by atoms with Crippen molar-refractivity contribution in [2.24, 2.45) is 0 Å². The van der Waals surface area contributed by atoms with Crippen LogP contribution in [0.25, 0.3) is 0 Å². The number of hydrogen-bond donors (Lipinski definition) is 0. The highest BCUT2D eigenvalue weighted by molar-refractivity contribution is 5.44. The van der Waals surface area contributed by atoms with E-state index in [9.17, 15) is 4.79 Å². The summed E-state index contributed by atoms with van der Waals surface area (Å²) in [6, 6.07) is 0. The summed E-state index contributed by atoms with van der Waals surface area (Å²) < 4.78 is 5.07. The summed E-state index contributed by atoms with van der Waals surface area (Å²) in [5.41, 5.74) is 1.47. The van der Waals surface area contributed by atoms with Gasteiger partial charge in [0.2, 0.25) is 0 Å². The Morgan fingerprint density at radius 2 is 2.60 bits per heavy atom. The van der Waals surface area contributed by atoms with Gasteiger partial charge in [0.05, 0.1) is 13.2 Å². The summed E-state index contributed by atoms with van der Waals surface area (Å²) in [6.45, 7) is 1.13. The van der Waals surface area contributed by atoms with Gasteiger partial charge in [0.25, 0.3) is 0 Å². The van der Waals surface area contributed by atoms with E-state index < -0.39 is 0 Å². The standard InChI is InChI=1S/C8H10O2/c9-5-1-6-10-7-4-8-2-3-8/h1-2H,3-4,6-7H2. The maximum Gasteiger partial charge on any atom is 0.122 e. The molecule has 0 aromatic carbocycles. The van der Waals surface area contributed by atoms with Crippen LogP contribution in [0.2, 0.25) is 0 Å². The number of rotatable bonds is 5. The monoisotopic (exact) mass is 138 g/mol. The van der Waals surface area contributed by atoms with Gasteiger partial charge in [-0.2, -0.15) is 0 Å². The average Bonchev–Trinajstić information content (AvgIpc) is 2.71. The minimum Gasteiger partial charge on any atom is -0.376 e. The van der Waals surface area contributed by atoms with E-state index in [-0.39, 0.29) is 0 Å². The molecule has 1 rings (SSSR count). The normalized spacial score (nSPS) is 13.8. The lowest BCUT2D eigenvalue weighted by molar-refractivity contribution is 0.167. The molecule has 0 amide bonds. The summed E-state index contributed by atoms with van der Waals surface area (Å²) in [7, 11) is 0. The Labute approximate surface area is 60.2 Å². The molecule has 0 saturated carbocycles. The summed E-state index contributed by atoms with van der Waals surface area (Å²) >= 11 is 0. The summed E-state index contributed by atoms with van der Waals surface area (Å²) in [6.07, 6.45) is 5.71. The summed E-state index contributed by atoms with van der Waals surface area (Å²) in [5.74, 6) is 1.66. The van der Waals surface area contributed by atoms with Crippen molar-refractivity contribution in [1.82, 2.24) is 0 Å². The van der Waals surface area contributed by atoms with Crippen LogP contribution in [0.4, 0.5) is 0 Å². The van der Waals surface area contributed by atoms with Gasteiger partial charge in [0.1, 0.15) is 5.94 Å². The van der Waals surface area contributed by atoms with E-state index in [1.54, 1.807) is 5.94 Å². The Hall–Kier alpha value is -0.850. The molecule has 0 unspecified atom stereocenters. The van der Waals surface area contributed by atoms with E-state index in [1.807, 2.05) is 0 Å². The van der Waals surface area contributed by atoms with Crippen molar-refractivity contribution >= 4 is 5.94 Å². The molecule has 54 valence electrons. The van der Waals surface area contributed by atoms with Gasteiger partial charge in [-0.25, -0.2) is 4.79 Å². The van der Waals surface area contributed by atoms with Gasteiger partial charge >= 0.3 is 0 Å². The largest absolute Gasteiger partial charge is 0.376 e. The number of allylic oxidation sites excluding steroid dienone is 1. The summed E-state index contributed by atoms with van der Waals surface area (Å²) in [5, 5.41) is 0. The van der Waals surface area contributed by atoms with E-state index in [1.165, 1.54) is 11.6 Å². The first-order valence-electron chi connectivity index (χ1n) is 3.38. The lowest BCUT2D eigenvalue weighted by atomic mass is 10.4. The third-order valence-electron chi connectivity index (χ3n) is 1.34. The van der Waals surface area contributed by atoms with Gasteiger partial charge in [0, 0.05) is 6.08 Å². The first kappa shape index (κ1) is 7.26. The molecule has 2 heteroatoms. The van der Waals surface area contributed by atoms with Gasteiger partial charge in [-0.15, -0.1) is 0 Å². The van der Waals surface area contributed by atoms with Gasteiger partial charge in [-0.3, -0.25) is 0 Å². The second-order valence-electron chi connectivity index (χ2n) is 2.21. The molecular weight excluding hydrogens is 128 g/mol. The quantitative estimate of drug-likeness (QED) is 0.323. The molecule has 1 aliphatic carbocycles. The van der Waals surface area contributed by atoms with Crippen molar-refractivity contribution in [3.05, 3.63) is 17.7 Å². The Morgan fingerprint density at radius 1 is 1.80 bits per heavy atom. The van der Waals surface area contributed by atoms with Crippen LogP contribution in [0.3, 0.4) is 0 Å². The van der Waals surface area contributed by atoms with Crippen molar-refractivity contribution in [2.75, 3.05) is 13.2 Å². The van der Waals surface area contributed by atoms with Crippen LogP contribution in [0.1, 0.15) is 12.8 Å². The molecule has 0 fully saturated rings. The topological polar surface area (TPSA) is 26.3 Å². The van der Waals surface area contributed by atoms with Crippen LogP contribution >= 0.6 is 0 Å². The van der Waals surface area contributed by atoms with Crippen molar-refractivity contribution < 1.29 is 9.53 Å². The minimum absolute atomic E-state index is 0.400. The van der Waals surface area contributed by atoms with E-state index in [0.29, 0.717) is 6.61 Å². The Kier molecular flexibility index (Phi) is 2.94. The smallest absolute Gasteiger partial charge is 0.122 e. The molecule has 0 radical (unpaired) electrons.